The Bertz CT molecular complexity index is 645. The van der Waals surface area contributed by atoms with Gasteiger partial charge >= 0.3 is 0 Å². The van der Waals surface area contributed by atoms with Gasteiger partial charge < -0.3 is 14.5 Å². The van der Waals surface area contributed by atoms with E-state index in [0.717, 1.165) is 44.6 Å². The molecule has 0 radical (unpaired) electrons. The van der Waals surface area contributed by atoms with Crippen molar-refractivity contribution >= 4 is 35.2 Å². The van der Waals surface area contributed by atoms with Crippen molar-refractivity contribution in [2.45, 2.75) is 37.5 Å². The Morgan fingerprint density at radius 1 is 1.15 bits per heavy atom. The second-order valence-corrected chi connectivity index (χ2v) is 8.61. The molecule has 0 N–H and O–H groups in total. The minimum atomic E-state index is -0.177. The van der Waals surface area contributed by atoms with Gasteiger partial charge in [-0.05, 0) is 43.5 Å². The van der Waals surface area contributed by atoms with Crippen molar-refractivity contribution in [3.8, 4) is 5.75 Å². The van der Waals surface area contributed by atoms with Gasteiger partial charge in [-0.15, -0.1) is 11.8 Å². The van der Waals surface area contributed by atoms with Crippen molar-refractivity contribution in [1.82, 2.24) is 9.80 Å². The van der Waals surface area contributed by atoms with Crippen LogP contribution >= 0.6 is 23.4 Å². The third-order valence-corrected chi connectivity index (χ3v) is 6.82. The molecule has 0 aliphatic carbocycles. The third kappa shape index (κ3) is 4.29. The molecule has 7 heteroatoms. The van der Waals surface area contributed by atoms with E-state index < -0.39 is 0 Å². The summed E-state index contributed by atoms with van der Waals surface area (Å²) in [6.45, 7) is 4.26. The second kappa shape index (κ2) is 8.53. The summed E-state index contributed by atoms with van der Waals surface area (Å²) in [4.78, 5) is 28.6. The quantitative estimate of drug-likeness (QED) is 0.765. The minimum Gasteiger partial charge on any atom is -0.484 e. The van der Waals surface area contributed by atoms with E-state index in [1.165, 1.54) is 0 Å². The van der Waals surface area contributed by atoms with Crippen molar-refractivity contribution in [3.05, 3.63) is 29.3 Å². The van der Waals surface area contributed by atoms with Gasteiger partial charge in [-0.2, -0.15) is 0 Å². The van der Waals surface area contributed by atoms with Crippen LogP contribution in [0, 0.1) is 0 Å². The summed E-state index contributed by atoms with van der Waals surface area (Å²) < 4.78 is 5.64. The zero-order valence-electron chi connectivity index (χ0n) is 15.1. The van der Waals surface area contributed by atoms with Gasteiger partial charge in [0, 0.05) is 36.8 Å². The lowest BCUT2D eigenvalue weighted by Gasteiger charge is -2.44. The highest BCUT2D eigenvalue weighted by atomic mass is 35.5. The number of carbonyl (C=O) groups is 2. The lowest BCUT2D eigenvalue weighted by Crippen LogP contribution is -2.54. The Labute approximate surface area is 164 Å². The molecule has 3 rings (SSSR count). The molecular weight excluding hydrogens is 372 g/mol. The van der Waals surface area contributed by atoms with Gasteiger partial charge in [-0.25, -0.2) is 0 Å². The maximum atomic E-state index is 12.8. The van der Waals surface area contributed by atoms with E-state index in [2.05, 4.69) is 0 Å². The number of nitrogens with zero attached hydrogens (tertiary/aromatic N) is 2. The Hall–Kier alpha value is -1.40. The molecule has 0 saturated carbocycles. The molecule has 0 unspecified atom stereocenters. The first-order valence-electron chi connectivity index (χ1n) is 9.15. The number of hydrogen-bond acceptors (Lipinski definition) is 4. The topological polar surface area (TPSA) is 49.9 Å². The number of carbonyl (C=O) groups excluding carboxylic acids is 2. The smallest absolute Gasteiger partial charge is 0.261 e. The molecule has 2 fully saturated rings. The van der Waals surface area contributed by atoms with Gasteiger partial charge in [0.1, 0.15) is 5.75 Å². The summed E-state index contributed by atoms with van der Waals surface area (Å²) >= 11 is 7.71. The van der Waals surface area contributed by atoms with E-state index >= 15 is 0 Å². The van der Waals surface area contributed by atoms with E-state index in [4.69, 9.17) is 16.3 Å². The maximum absolute atomic E-state index is 12.8. The number of halogens is 1. The molecule has 0 bridgehead atoms. The van der Waals surface area contributed by atoms with Gasteiger partial charge in [0.25, 0.3) is 5.91 Å². The van der Waals surface area contributed by atoms with Crippen LogP contribution in [-0.4, -0.2) is 58.5 Å². The summed E-state index contributed by atoms with van der Waals surface area (Å²) in [6, 6.07) is 7.03. The molecule has 2 heterocycles. The van der Waals surface area contributed by atoms with Gasteiger partial charge in [0.15, 0.2) is 6.61 Å². The van der Waals surface area contributed by atoms with Crippen LogP contribution < -0.4 is 4.74 Å². The molecule has 1 aromatic rings. The highest BCUT2D eigenvalue weighted by molar-refractivity contribution is 8.00. The van der Waals surface area contributed by atoms with Crippen molar-refractivity contribution in [2.24, 2.45) is 0 Å². The zero-order chi connectivity index (χ0) is 18.6. The van der Waals surface area contributed by atoms with E-state index in [9.17, 15) is 9.59 Å². The molecule has 2 amide bonds. The molecule has 0 aromatic heterocycles. The van der Waals surface area contributed by atoms with E-state index in [0.29, 0.717) is 17.2 Å². The fourth-order valence-electron chi connectivity index (χ4n) is 3.61. The highest BCUT2D eigenvalue weighted by Gasteiger charge is 2.46. The molecule has 2 saturated heterocycles. The average Bonchev–Trinajstić information content (AvgIpc) is 3.05. The summed E-state index contributed by atoms with van der Waals surface area (Å²) in [6.07, 6.45) is 3.15. The number of benzene rings is 1. The number of thioether (sulfide) groups is 1. The monoisotopic (exact) mass is 396 g/mol. The number of ether oxygens (including phenoxy) is 1. The molecule has 1 spiro atoms. The molecular formula is C19H25ClN2O3S. The Balaban J connectivity index is 1.56. The van der Waals surface area contributed by atoms with Crippen LogP contribution in [0.3, 0.4) is 0 Å². The molecule has 5 nitrogen and oxygen atoms in total. The predicted octanol–water partition coefficient (Wildman–Crippen LogP) is 3.41. The van der Waals surface area contributed by atoms with Crippen LogP contribution in [0.25, 0.3) is 0 Å². The zero-order valence-corrected chi connectivity index (χ0v) is 16.7. The lowest BCUT2D eigenvalue weighted by molar-refractivity contribution is -0.138. The third-order valence-electron chi connectivity index (χ3n) is 5.02. The van der Waals surface area contributed by atoms with E-state index in [1.54, 1.807) is 24.3 Å². The fraction of sp³-hybridized carbons (Fsp3) is 0.579. The number of piperidine rings is 1. The molecule has 2 aliphatic rings. The van der Waals surface area contributed by atoms with E-state index in [1.807, 2.05) is 28.5 Å². The summed E-state index contributed by atoms with van der Waals surface area (Å²) in [5.74, 6) is 1.83. The predicted molar refractivity (Wildman–Crippen MR) is 105 cm³/mol. The second-order valence-electron chi connectivity index (χ2n) is 6.71. The van der Waals surface area contributed by atoms with Gasteiger partial charge in [0.05, 0.1) is 4.87 Å². The fourth-order valence-corrected chi connectivity index (χ4v) is 5.21. The molecule has 26 heavy (non-hydrogen) atoms. The van der Waals surface area contributed by atoms with Crippen LogP contribution in [-0.2, 0) is 9.59 Å². The lowest BCUT2D eigenvalue weighted by atomic mass is 10.0. The molecule has 2 aliphatic heterocycles. The largest absolute Gasteiger partial charge is 0.484 e. The first-order valence-corrected chi connectivity index (χ1v) is 10.5. The van der Waals surface area contributed by atoms with Crippen molar-refractivity contribution < 1.29 is 14.3 Å². The van der Waals surface area contributed by atoms with Crippen LogP contribution in [0.5, 0.6) is 5.75 Å². The number of amides is 2. The SMILES string of the molecule is CCCC(=O)N1CCC2(CC1)SCCN2C(=O)COc1ccc(Cl)cc1. The van der Waals surface area contributed by atoms with E-state index in [-0.39, 0.29) is 23.3 Å². The van der Waals surface area contributed by atoms with Gasteiger partial charge in [-0.1, -0.05) is 18.5 Å². The Kier molecular flexibility index (Phi) is 6.35. The summed E-state index contributed by atoms with van der Waals surface area (Å²) in [7, 11) is 0. The molecule has 142 valence electrons. The van der Waals surface area contributed by atoms with Crippen LogP contribution in [0.4, 0.5) is 0 Å². The number of likely N-dealkylation sites (tertiary alicyclic amines) is 1. The van der Waals surface area contributed by atoms with Crippen LogP contribution in [0.15, 0.2) is 24.3 Å². The van der Waals surface area contributed by atoms with Gasteiger partial charge in [0.2, 0.25) is 5.91 Å². The summed E-state index contributed by atoms with van der Waals surface area (Å²) in [5, 5.41) is 0.642. The summed E-state index contributed by atoms with van der Waals surface area (Å²) in [5.41, 5.74) is 0. The number of rotatable bonds is 5. The maximum Gasteiger partial charge on any atom is 0.261 e. The van der Waals surface area contributed by atoms with Crippen molar-refractivity contribution in [3.63, 3.8) is 0 Å². The van der Waals surface area contributed by atoms with Gasteiger partial charge in [-0.3, -0.25) is 9.59 Å². The highest BCUT2D eigenvalue weighted by Crippen LogP contribution is 2.44. The standard InChI is InChI=1S/C19H25ClN2O3S/c1-2-3-17(23)21-10-8-19(9-11-21)22(12-13-26-19)18(24)14-25-16-6-4-15(20)5-7-16/h4-7H,2-3,8-14H2,1H3. The normalized spacial score (nSPS) is 19.0. The van der Waals surface area contributed by atoms with Crippen molar-refractivity contribution in [1.29, 1.82) is 0 Å². The number of hydrogen-bond donors (Lipinski definition) is 0. The van der Waals surface area contributed by atoms with Crippen LogP contribution in [0.1, 0.15) is 32.6 Å². The molecule has 1 aromatic carbocycles. The molecule has 0 atom stereocenters. The van der Waals surface area contributed by atoms with Crippen molar-refractivity contribution in [2.75, 3.05) is 32.0 Å². The average molecular weight is 397 g/mol. The Morgan fingerprint density at radius 2 is 1.85 bits per heavy atom. The minimum absolute atomic E-state index is 0.0123. The van der Waals surface area contributed by atoms with Crippen LogP contribution in [0.2, 0.25) is 5.02 Å². The first-order chi connectivity index (χ1) is 12.5. The Morgan fingerprint density at radius 3 is 2.50 bits per heavy atom. The first kappa shape index (κ1) is 19.4.